The SMILES string of the molecule is CC(C)c1cc(Cc2c(Br)cc(OCC(=O)CC3CC3)cc2Br)ccc1O. The Morgan fingerprint density at radius 1 is 1.19 bits per heavy atom. The maximum Gasteiger partial charge on any atom is 0.170 e. The summed E-state index contributed by atoms with van der Waals surface area (Å²) in [5, 5.41) is 10.0. The number of benzene rings is 2. The first-order chi connectivity index (χ1) is 12.8. The monoisotopic (exact) mass is 494 g/mol. The lowest BCUT2D eigenvalue weighted by Crippen LogP contribution is -2.11. The van der Waals surface area contributed by atoms with Crippen LogP contribution in [0.2, 0.25) is 0 Å². The Kier molecular flexibility index (Phi) is 6.64. The molecule has 0 bridgehead atoms. The van der Waals surface area contributed by atoms with Gasteiger partial charge in [0.05, 0.1) is 0 Å². The summed E-state index contributed by atoms with van der Waals surface area (Å²) in [5.41, 5.74) is 3.19. The molecule has 3 rings (SSSR count). The highest BCUT2D eigenvalue weighted by Gasteiger charge is 2.24. The lowest BCUT2D eigenvalue weighted by Gasteiger charge is -2.14. The fraction of sp³-hybridized carbons (Fsp3) is 0.409. The van der Waals surface area contributed by atoms with Gasteiger partial charge in [-0.3, -0.25) is 4.79 Å². The van der Waals surface area contributed by atoms with Gasteiger partial charge in [-0.25, -0.2) is 0 Å². The molecule has 144 valence electrons. The van der Waals surface area contributed by atoms with Crippen LogP contribution in [0.3, 0.4) is 0 Å². The number of carbonyl (C=O) groups is 1. The molecule has 0 saturated heterocycles. The van der Waals surface area contributed by atoms with Crippen LogP contribution >= 0.6 is 31.9 Å². The number of phenolic OH excluding ortho intramolecular Hbond substituents is 1. The number of rotatable bonds is 8. The molecule has 3 nitrogen and oxygen atoms in total. The average molecular weight is 496 g/mol. The molecule has 2 aromatic carbocycles. The van der Waals surface area contributed by atoms with Crippen molar-refractivity contribution in [3.05, 3.63) is 56.0 Å². The van der Waals surface area contributed by atoms with Crippen molar-refractivity contribution in [3.63, 3.8) is 0 Å². The summed E-state index contributed by atoms with van der Waals surface area (Å²) in [6.07, 6.45) is 3.71. The van der Waals surface area contributed by atoms with Gasteiger partial charge in [0, 0.05) is 15.4 Å². The first kappa shape index (κ1) is 20.4. The molecule has 0 spiro atoms. The highest BCUT2D eigenvalue weighted by Crippen LogP contribution is 2.35. The van der Waals surface area contributed by atoms with Crippen molar-refractivity contribution in [1.29, 1.82) is 0 Å². The van der Waals surface area contributed by atoms with Crippen molar-refractivity contribution in [3.8, 4) is 11.5 Å². The molecule has 1 aliphatic carbocycles. The minimum Gasteiger partial charge on any atom is -0.508 e. The normalized spacial score (nSPS) is 13.8. The van der Waals surface area contributed by atoms with Gasteiger partial charge in [0.1, 0.15) is 18.1 Å². The van der Waals surface area contributed by atoms with Gasteiger partial charge in [-0.15, -0.1) is 0 Å². The number of Topliss-reactive ketones (excluding diaryl/α,β-unsaturated/α-hetero) is 1. The Labute approximate surface area is 177 Å². The predicted octanol–water partition coefficient (Wildman–Crippen LogP) is 6.38. The quantitative estimate of drug-likeness (QED) is 0.462. The average Bonchev–Trinajstić information content (AvgIpc) is 3.41. The Morgan fingerprint density at radius 3 is 2.44 bits per heavy atom. The third kappa shape index (κ3) is 5.58. The Balaban J connectivity index is 1.71. The van der Waals surface area contributed by atoms with Gasteiger partial charge in [0.15, 0.2) is 5.78 Å². The minimum absolute atomic E-state index is 0.129. The third-order valence-corrected chi connectivity index (χ3v) is 6.24. The number of aromatic hydroxyl groups is 1. The van der Waals surface area contributed by atoms with Gasteiger partial charge in [0.2, 0.25) is 0 Å². The molecule has 0 unspecified atom stereocenters. The second kappa shape index (κ2) is 8.78. The second-order valence-electron chi connectivity index (χ2n) is 7.56. The van der Waals surface area contributed by atoms with Gasteiger partial charge in [-0.1, -0.05) is 57.8 Å². The molecule has 27 heavy (non-hydrogen) atoms. The summed E-state index contributed by atoms with van der Waals surface area (Å²) >= 11 is 7.26. The maximum atomic E-state index is 11.9. The van der Waals surface area contributed by atoms with E-state index in [-0.39, 0.29) is 18.3 Å². The minimum atomic E-state index is 0.129. The Bertz CT molecular complexity index is 818. The Morgan fingerprint density at radius 2 is 1.85 bits per heavy atom. The van der Waals surface area contributed by atoms with Gasteiger partial charge in [0.25, 0.3) is 0 Å². The number of hydrogen-bond acceptors (Lipinski definition) is 3. The molecule has 0 atom stereocenters. The van der Waals surface area contributed by atoms with Crippen LogP contribution in [0.15, 0.2) is 39.3 Å². The molecule has 0 aromatic heterocycles. The van der Waals surface area contributed by atoms with E-state index in [9.17, 15) is 9.90 Å². The summed E-state index contributed by atoms with van der Waals surface area (Å²) < 4.78 is 7.55. The number of carbonyl (C=O) groups excluding carboxylic acids is 1. The van der Waals surface area contributed by atoms with Crippen molar-refractivity contribution in [2.24, 2.45) is 5.92 Å². The first-order valence-electron chi connectivity index (χ1n) is 9.27. The standard InChI is InChI=1S/C22H24Br2O3/c1-13(2)18-8-15(5-6-22(18)26)9-19-20(23)10-17(11-21(19)24)27-12-16(25)7-14-3-4-14/h5-6,8,10-11,13-14,26H,3-4,7,9,12H2,1-2H3. The van der Waals surface area contributed by atoms with Crippen LogP contribution in [0, 0.1) is 5.92 Å². The number of hydrogen-bond donors (Lipinski definition) is 1. The smallest absolute Gasteiger partial charge is 0.170 e. The zero-order valence-electron chi connectivity index (χ0n) is 15.6. The molecule has 0 heterocycles. The van der Waals surface area contributed by atoms with Crippen molar-refractivity contribution < 1.29 is 14.6 Å². The molecule has 1 fully saturated rings. The van der Waals surface area contributed by atoms with E-state index in [0.29, 0.717) is 23.8 Å². The molecule has 0 radical (unpaired) electrons. The molecule has 1 saturated carbocycles. The summed E-state index contributed by atoms with van der Waals surface area (Å²) in [5.74, 6) is 2.03. The lowest BCUT2D eigenvalue weighted by atomic mass is 9.96. The number of ether oxygens (including phenoxy) is 1. The summed E-state index contributed by atoms with van der Waals surface area (Å²) in [6.45, 7) is 4.27. The van der Waals surface area contributed by atoms with Crippen molar-refractivity contribution >= 4 is 37.6 Å². The number of halogens is 2. The van der Waals surface area contributed by atoms with Crippen molar-refractivity contribution in [1.82, 2.24) is 0 Å². The van der Waals surface area contributed by atoms with E-state index in [1.165, 1.54) is 12.8 Å². The van der Waals surface area contributed by atoms with E-state index in [0.717, 1.165) is 32.1 Å². The van der Waals surface area contributed by atoms with Crippen LogP contribution in [0.1, 0.15) is 55.7 Å². The lowest BCUT2D eigenvalue weighted by molar-refractivity contribution is -0.121. The fourth-order valence-corrected chi connectivity index (χ4v) is 4.50. The zero-order valence-corrected chi connectivity index (χ0v) is 18.8. The highest BCUT2D eigenvalue weighted by molar-refractivity contribution is 9.11. The predicted molar refractivity (Wildman–Crippen MR) is 115 cm³/mol. The van der Waals surface area contributed by atoms with Crippen molar-refractivity contribution in [2.75, 3.05) is 6.61 Å². The van der Waals surface area contributed by atoms with Gasteiger partial charge in [-0.2, -0.15) is 0 Å². The van der Waals surface area contributed by atoms with Crippen LogP contribution < -0.4 is 4.74 Å². The largest absolute Gasteiger partial charge is 0.508 e. The summed E-state index contributed by atoms with van der Waals surface area (Å²) in [6, 6.07) is 9.58. The van der Waals surface area contributed by atoms with E-state index in [1.54, 1.807) is 6.07 Å². The van der Waals surface area contributed by atoms with Crippen LogP contribution in [0.25, 0.3) is 0 Å². The van der Waals surface area contributed by atoms with Gasteiger partial charge < -0.3 is 9.84 Å². The molecular weight excluding hydrogens is 472 g/mol. The van der Waals surface area contributed by atoms with Gasteiger partial charge >= 0.3 is 0 Å². The fourth-order valence-electron chi connectivity index (χ4n) is 3.08. The third-order valence-electron chi connectivity index (χ3n) is 4.82. The molecule has 0 aliphatic heterocycles. The van der Waals surface area contributed by atoms with E-state index in [4.69, 9.17) is 4.74 Å². The Hall–Kier alpha value is -1.33. The topological polar surface area (TPSA) is 46.5 Å². The van der Waals surface area contributed by atoms with Crippen LogP contribution in [-0.2, 0) is 11.2 Å². The first-order valence-corrected chi connectivity index (χ1v) is 10.9. The molecule has 0 amide bonds. The maximum absolute atomic E-state index is 11.9. The molecule has 1 N–H and O–H groups in total. The van der Waals surface area contributed by atoms with Crippen LogP contribution in [0.5, 0.6) is 11.5 Å². The summed E-state index contributed by atoms with van der Waals surface area (Å²) in [4.78, 5) is 11.9. The van der Waals surface area contributed by atoms with E-state index in [1.807, 2.05) is 18.2 Å². The number of phenols is 1. The van der Waals surface area contributed by atoms with E-state index >= 15 is 0 Å². The zero-order chi connectivity index (χ0) is 19.6. The number of ketones is 1. The van der Waals surface area contributed by atoms with E-state index < -0.39 is 0 Å². The molecule has 2 aromatic rings. The van der Waals surface area contributed by atoms with Crippen LogP contribution in [0.4, 0.5) is 0 Å². The van der Waals surface area contributed by atoms with Gasteiger partial charge in [-0.05, 0) is 66.0 Å². The van der Waals surface area contributed by atoms with Crippen molar-refractivity contribution in [2.45, 2.75) is 45.4 Å². The highest BCUT2D eigenvalue weighted by atomic mass is 79.9. The summed E-state index contributed by atoms with van der Waals surface area (Å²) in [7, 11) is 0. The molecular formula is C22H24Br2O3. The second-order valence-corrected chi connectivity index (χ2v) is 9.27. The van der Waals surface area contributed by atoms with E-state index in [2.05, 4.69) is 51.8 Å². The molecule has 5 heteroatoms. The van der Waals surface area contributed by atoms with Crippen LogP contribution in [-0.4, -0.2) is 17.5 Å². The molecule has 1 aliphatic rings.